The molecule has 2 saturated heterocycles. The van der Waals surface area contributed by atoms with Crippen molar-refractivity contribution in [1.29, 1.82) is 0 Å². The van der Waals surface area contributed by atoms with Crippen LogP contribution in [0.25, 0.3) is 0 Å². The van der Waals surface area contributed by atoms with Crippen LogP contribution < -0.4 is 5.32 Å². The van der Waals surface area contributed by atoms with Crippen molar-refractivity contribution in [2.75, 3.05) is 19.8 Å². The van der Waals surface area contributed by atoms with E-state index in [9.17, 15) is 19.8 Å². The summed E-state index contributed by atoms with van der Waals surface area (Å²) in [6.45, 7) is 1.68. The standard InChI is InChI=1S/C14H23NO8/c1-8(16)15-10-11(19)12(20)14(7-22-13(10)23-14)6-21-5-3-2-4-9(17)18/h10-13,19-20H,2-7H2,1H3,(H,15,16)(H,17,18)/t10?,11-,12-,13+,14+/m1/s1. The van der Waals surface area contributed by atoms with Crippen LogP contribution in [0.1, 0.15) is 26.2 Å². The summed E-state index contributed by atoms with van der Waals surface area (Å²) < 4.78 is 16.5. The maximum absolute atomic E-state index is 11.2. The zero-order valence-corrected chi connectivity index (χ0v) is 12.9. The molecule has 4 N–H and O–H groups in total. The normalized spacial score (nSPS) is 36.0. The first-order valence-electron chi connectivity index (χ1n) is 7.58. The molecule has 0 spiro atoms. The minimum Gasteiger partial charge on any atom is -0.481 e. The molecule has 0 aromatic rings. The number of amides is 1. The van der Waals surface area contributed by atoms with Crippen molar-refractivity contribution in [3.63, 3.8) is 0 Å². The molecule has 23 heavy (non-hydrogen) atoms. The highest BCUT2D eigenvalue weighted by molar-refractivity contribution is 5.73. The zero-order valence-electron chi connectivity index (χ0n) is 12.9. The van der Waals surface area contributed by atoms with Crippen molar-refractivity contribution in [2.24, 2.45) is 0 Å². The highest BCUT2D eigenvalue weighted by Crippen LogP contribution is 2.37. The summed E-state index contributed by atoms with van der Waals surface area (Å²) in [6, 6.07) is -0.839. The molecule has 2 aliphatic rings. The molecule has 1 unspecified atom stereocenters. The predicted molar refractivity (Wildman–Crippen MR) is 75.5 cm³/mol. The number of aliphatic carboxylic acids is 1. The Morgan fingerprint density at radius 1 is 1.35 bits per heavy atom. The molecule has 0 radical (unpaired) electrons. The minimum atomic E-state index is -1.27. The van der Waals surface area contributed by atoms with Gasteiger partial charge in [0.1, 0.15) is 23.9 Å². The summed E-state index contributed by atoms with van der Waals surface area (Å²) in [7, 11) is 0. The van der Waals surface area contributed by atoms with Gasteiger partial charge in [-0.25, -0.2) is 0 Å². The molecule has 2 heterocycles. The Kier molecular flexibility index (Phi) is 5.93. The van der Waals surface area contributed by atoms with Crippen LogP contribution in [0.5, 0.6) is 0 Å². The molecule has 2 fully saturated rings. The van der Waals surface area contributed by atoms with E-state index in [1.165, 1.54) is 6.92 Å². The van der Waals surface area contributed by atoms with E-state index in [1.54, 1.807) is 0 Å². The molecule has 5 atom stereocenters. The average molecular weight is 333 g/mol. The number of hydrogen-bond donors (Lipinski definition) is 4. The Morgan fingerprint density at radius 2 is 2.09 bits per heavy atom. The number of carboxylic acids is 1. The maximum atomic E-state index is 11.2. The first kappa shape index (κ1) is 18.1. The second-order valence-corrected chi connectivity index (χ2v) is 5.93. The van der Waals surface area contributed by atoms with Gasteiger partial charge in [0.2, 0.25) is 5.91 Å². The van der Waals surface area contributed by atoms with Gasteiger partial charge in [-0.1, -0.05) is 0 Å². The number of carbonyl (C=O) groups is 2. The van der Waals surface area contributed by atoms with Gasteiger partial charge < -0.3 is 34.8 Å². The van der Waals surface area contributed by atoms with Crippen LogP contribution >= 0.6 is 0 Å². The number of nitrogens with one attached hydrogen (secondary N) is 1. The van der Waals surface area contributed by atoms with Crippen molar-refractivity contribution >= 4 is 11.9 Å². The van der Waals surface area contributed by atoms with E-state index in [0.717, 1.165) is 0 Å². The van der Waals surface area contributed by atoms with E-state index in [4.69, 9.17) is 19.3 Å². The summed E-state index contributed by atoms with van der Waals surface area (Å²) >= 11 is 0. The van der Waals surface area contributed by atoms with Crippen LogP contribution in [0, 0.1) is 0 Å². The van der Waals surface area contributed by atoms with Gasteiger partial charge in [-0.2, -0.15) is 0 Å². The molecule has 0 saturated carbocycles. The molecular weight excluding hydrogens is 310 g/mol. The Balaban J connectivity index is 1.83. The lowest BCUT2D eigenvalue weighted by atomic mass is 9.88. The third kappa shape index (κ3) is 4.18. The van der Waals surface area contributed by atoms with E-state index in [1.807, 2.05) is 0 Å². The van der Waals surface area contributed by atoms with Gasteiger partial charge in [0.05, 0.1) is 13.2 Å². The summed E-state index contributed by atoms with van der Waals surface area (Å²) in [6.07, 6.45) is -2.19. The lowest BCUT2D eigenvalue weighted by Gasteiger charge is -2.42. The molecule has 0 aliphatic carbocycles. The summed E-state index contributed by atoms with van der Waals surface area (Å²) in [5, 5.41) is 31.5. The number of hydrogen-bond acceptors (Lipinski definition) is 7. The number of rotatable bonds is 8. The predicted octanol–water partition coefficient (Wildman–Crippen LogP) is -1.39. The summed E-state index contributed by atoms with van der Waals surface area (Å²) in [5.74, 6) is -1.21. The van der Waals surface area contributed by atoms with Crippen LogP contribution in [0.3, 0.4) is 0 Å². The van der Waals surface area contributed by atoms with E-state index < -0.39 is 36.1 Å². The average Bonchev–Trinajstić information content (AvgIpc) is 2.88. The number of aliphatic hydroxyl groups excluding tert-OH is 2. The topological polar surface area (TPSA) is 135 Å². The quantitative estimate of drug-likeness (QED) is 0.399. The summed E-state index contributed by atoms with van der Waals surface area (Å²) in [4.78, 5) is 21.6. The highest BCUT2D eigenvalue weighted by atomic mass is 16.7. The summed E-state index contributed by atoms with van der Waals surface area (Å²) in [5.41, 5.74) is -1.17. The molecular formula is C14H23NO8. The smallest absolute Gasteiger partial charge is 0.303 e. The SMILES string of the molecule is CC(=O)NC1[C@H]2OC[C@](COCCCCC(=O)O)(O2)[C@H](O)[C@@H]1O. The van der Waals surface area contributed by atoms with Gasteiger partial charge >= 0.3 is 5.97 Å². The Hall–Kier alpha value is -1.26. The maximum Gasteiger partial charge on any atom is 0.303 e. The van der Waals surface area contributed by atoms with Gasteiger partial charge in [-0.3, -0.25) is 9.59 Å². The monoisotopic (exact) mass is 333 g/mol. The number of carbonyl (C=O) groups excluding carboxylic acids is 1. The number of carboxylic acid groups (broad SMARTS) is 1. The zero-order chi connectivity index (χ0) is 17.0. The van der Waals surface area contributed by atoms with Crippen molar-refractivity contribution in [2.45, 2.75) is 56.3 Å². The van der Waals surface area contributed by atoms with Crippen molar-refractivity contribution in [3.8, 4) is 0 Å². The first-order valence-corrected chi connectivity index (χ1v) is 7.58. The van der Waals surface area contributed by atoms with Crippen LogP contribution in [-0.4, -0.2) is 77.2 Å². The molecule has 1 amide bonds. The van der Waals surface area contributed by atoms with Crippen LogP contribution in [-0.2, 0) is 23.8 Å². The third-order valence-electron chi connectivity index (χ3n) is 4.01. The first-order chi connectivity index (χ1) is 10.9. The van der Waals surface area contributed by atoms with Gasteiger partial charge in [0, 0.05) is 20.0 Å². The van der Waals surface area contributed by atoms with Gasteiger partial charge in [-0.15, -0.1) is 0 Å². The molecule has 9 heteroatoms. The number of unbranched alkanes of at least 4 members (excludes halogenated alkanes) is 1. The third-order valence-corrected chi connectivity index (χ3v) is 4.01. The highest BCUT2D eigenvalue weighted by Gasteiger charge is 2.59. The van der Waals surface area contributed by atoms with Crippen LogP contribution in [0.15, 0.2) is 0 Å². The number of ether oxygens (including phenoxy) is 3. The van der Waals surface area contributed by atoms with Crippen molar-refractivity contribution < 1.29 is 39.1 Å². The number of fused-ring (bicyclic) bond motifs is 2. The fraction of sp³-hybridized carbons (Fsp3) is 0.857. The van der Waals surface area contributed by atoms with Gasteiger partial charge in [0.15, 0.2) is 6.29 Å². The lowest BCUT2D eigenvalue weighted by Crippen LogP contribution is -2.66. The molecule has 2 rings (SSSR count). The van der Waals surface area contributed by atoms with Gasteiger partial charge in [0.25, 0.3) is 0 Å². The van der Waals surface area contributed by atoms with Crippen molar-refractivity contribution in [3.05, 3.63) is 0 Å². The van der Waals surface area contributed by atoms with E-state index in [-0.39, 0.29) is 25.5 Å². The molecule has 2 aliphatic heterocycles. The Labute approximate surface area is 133 Å². The van der Waals surface area contributed by atoms with Gasteiger partial charge in [-0.05, 0) is 12.8 Å². The fourth-order valence-corrected chi connectivity index (χ4v) is 2.80. The molecule has 0 aromatic carbocycles. The molecule has 2 bridgehead atoms. The molecule has 132 valence electrons. The Bertz CT molecular complexity index is 444. The number of aliphatic hydroxyl groups is 2. The van der Waals surface area contributed by atoms with Crippen LogP contribution in [0.2, 0.25) is 0 Å². The van der Waals surface area contributed by atoms with E-state index >= 15 is 0 Å². The van der Waals surface area contributed by atoms with Crippen LogP contribution in [0.4, 0.5) is 0 Å². The largest absolute Gasteiger partial charge is 0.481 e. The lowest BCUT2D eigenvalue weighted by molar-refractivity contribution is -0.237. The van der Waals surface area contributed by atoms with E-state index in [0.29, 0.717) is 19.4 Å². The minimum absolute atomic E-state index is 0.0155. The Morgan fingerprint density at radius 3 is 2.74 bits per heavy atom. The fourth-order valence-electron chi connectivity index (χ4n) is 2.80. The second kappa shape index (κ2) is 7.54. The second-order valence-electron chi connectivity index (χ2n) is 5.93. The molecule has 9 nitrogen and oxygen atoms in total. The van der Waals surface area contributed by atoms with Crippen molar-refractivity contribution in [1.82, 2.24) is 5.32 Å². The molecule has 0 aromatic heterocycles. The van der Waals surface area contributed by atoms with E-state index in [2.05, 4.69) is 5.32 Å².